The first kappa shape index (κ1) is 35.2. The third-order valence-electron chi connectivity index (χ3n) is 7.88. The van der Waals surface area contributed by atoms with E-state index in [0.29, 0.717) is 24.6 Å². The summed E-state index contributed by atoms with van der Waals surface area (Å²) >= 11 is 0. The highest BCUT2D eigenvalue weighted by atomic mass is 32.2. The summed E-state index contributed by atoms with van der Waals surface area (Å²) in [6, 6.07) is 29.5. The van der Waals surface area contributed by atoms with Crippen LogP contribution in [0.5, 0.6) is 5.75 Å². The van der Waals surface area contributed by atoms with Crippen molar-refractivity contribution < 1.29 is 22.7 Å². The molecule has 0 aliphatic carbocycles. The highest BCUT2D eigenvalue weighted by Crippen LogP contribution is 2.27. The minimum absolute atomic E-state index is 0.0234. The third kappa shape index (κ3) is 9.45. The summed E-state index contributed by atoms with van der Waals surface area (Å²) in [7, 11) is -4.20. The van der Waals surface area contributed by atoms with E-state index in [0.717, 1.165) is 26.6 Å². The SMILES string of the molecule is CCOc1ccc(S(=O)(=O)N(CC(=O)N(Cc2ccccc2C)[C@@H](Cc2ccccc2)C(=O)NCC(C)C)c2ccc(C)cc2)cc1. The Balaban J connectivity index is 1.79. The summed E-state index contributed by atoms with van der Waals surface area (Å²) in [5, 5.41) is 3.02. The van der Waals surface area contributed by atoms with Crippen LogP contribution in [0.25, 0.3) is 0 Å². The fraction of sp³-hybridized carbons (Fsp3) is 0.316. The fourth-order valence-electron chi connectivity index (χ4n) is 5.19. The van der Waals surface area contributed by atoms with Gasteiger partial charge in [0.25, 0.3) is 10.0 Å². The van der Waals surface area contributed by atoms with Crippen LogP contribution in [-0.2, 0) is 32.6 Å². The second kappa shape index (κ2) is 16.3. The van der Waals surface area contributed by atoms with E-state index in [1.807, 2.05) is 101 Å². The average Bonchev–Trinajstić information content (AvgIpc) is 3.06. The molecular weight excluding hydrogens is 611 g/mol. The standard InChI is InChI=1S/C38H45N3O5S/c1-6-46-34-20-22-35(23-21-34)47(44,45)41(33-18-16-29(4)17-19-33)27-37(42)40(26-32-15-11-10-12-30(32)5)36(38(43)39-25-28(2)3)24-31-13-8-7-9-14-31/h7-23,28,36H,6,24-27H2,1-5H3,(H,39,43)/t36-/m0/s1. The largest absolute Gasteiger partial charge is 0.494 e. The summed E-state index contributed by atoms with van der Waals surface area (Å²) in [5.74, 6) is -0.0391. The lowest BCUT2D eigenvalue weighted by molar-refractivity contribution is -0.140. The number of nitrogens with zero attached hydrogens (tertiary/aromatic N) is 2. The molecule has 1 atom stereocenters. The van der Waals surface area contributed by atoms with Crippen molar-refractivity contribution in [3.63, 3.8) is 0 Å². The topological polar surface area (TPSA) is 96.0 Å². The number of carbonyl (C=O) groups excluding carboxylic acids is 2. The summed E-state index contributed by atoms with van der Waals surface area (Å²) in [4.78, 5) is 30.1. The first-order valence-corrected chi connectivity index (χ1v) is 17.4. The maximum absolute atomic E-state index is 14.6. The number of anilines is 1. The quantitative estimate of drug-likeness (QED) is 0.162. The number of hydrogen-bond donors (Lipinski definition) is 1. The summed E-state index contributed by atoms with van der Waals surface area (Å²) < 4.78 is 35.2. The van der Waals surface area contributed by atoms with Crippen LogP contribution in [0.15, 0.2) is 108 Å². The third-order valence-corrected chi connectivity index (χ3v) is 9.67. The van der Waals surface area contributed by atoms with E-state index in [-0.39, 0.29) is 29.7 Å². The van der Waals surface area contributed by atoms with Crippen molar-refractivity contribution in [2.45, 2.75) is 58.5 Å². The minimum Gasteiger partial charge on any atom is -0.494 e. The Morgan fingerprint density at radius 3 is 2.09 bits per heavy atom. The predicted octanol–water partition coefficient (Wildman–Crippen LogP) is 6.31. The lowest BCUT2D eigenvalue weighted by atomic mass is 10.0. The van der Waals surface area contributed by atoms with E-state index in [1.54, 1.807) is 24.3 Å². The molecule has 0 saturated heterocycles. The van der Waals surface area contributed by atoms with Crippen molar-refractivity contribution in [1.29, 1.82) is 0 Å². The van der Waals surface area contributed by atoms with Crippen molar-refractivity contribution in [3.05, 3.63) is 125 Å². The zero-order valence-electron chi connectivity index (χ0n) is 27.8. The zero-order chi connectivity index (χ0) is 34.0. The Hall–Kier alpha value is -4.63. The number of amides is 2. The van der Waals surface area contributed by atoms with E-state index in [4.69, 9.17) is 4.74 Å². The van der Waals surface area contributed by atoms with Crippen LogP contribution in [0.4, 0.5) is 5.69 Å². The molecule has 0 aromatic heterocycles. The van der Waals surface area contributed by atoms with Gasteiger partial charge in [0.2, 0.25) is 11.8 Å². The monoisotopic (exact) mass is 655 g/mol. The zero-order valence-corrected chi connectivity index (χ0v) is 28.7. The second-order valence-electron chi connectivity index (χ2n) is 12.0. The molecule has 248 valence electrons. The Kier molecular flexibility index (Phi) is 12.2. The van der Waals surface area contributed by atoms with Gasteiger partial charge < -0.3 is 15.0 Å². The first-order chi connectivity index (χ1) is 22.5. The van der Waals surface area contributed by atoms with Gasteiger partial charge in [-0.3, -0.25) is 13.9 Å². The Morgan fingerprint density at radius 2 is 1.47 bits per heavy atom. The van der Waals surface area contributed by atoms with Crippen LogP contribution in [0.1, 0.15) is 43.0 Å². The lowest BCUT2D eigenvalue weighted by Gasteiger charge is -2.34. The molecule has 0 heterocycles. The number of carbonyl (C=O) groups is 2. The van der Waals surface area contributed by atoms with Crippen LogP contribution >= 0.6 is 0 Å². The van der Waals surface area contributed by atoms with Gasteiger partial charge in [0.05, 0.1) is 17.2 Å². The molecule has 4 aromatic rings. The highest BCUT2D eigenvalue weighted by Gasteiger charge is 2.35. The van der Waals surface area contributed by atoms with Gasteiger partial charge in [0.1, 0.15) is 18.3 Å². The van der Waals surface area contributed by atoms with Crippen LogP contribution in [0, 0.1) is 19.8 Å². The van der Waals surface area contributed by atoms with Crippen LogP contribution in [0.2, 0.25) is 0 Å². The molecule has 0 bridgehead atoms. The van der Waals surface area contributed by atoms with Gasteiger partial charge in [-0.15, -0.1) is 0 Å². The summed E-state index contributed by atoms with van der Waals surface area (Å²) in [6.45, 7) is 10.2. The van der Waals surface area contributed by atoms with Gasteiger partial charge in [-0.25, -0.2) is 8.42 Å². The molecule has 9 heteroatoms. The molecule has 47 heavy (non-hydrogen) atoms. The summed E-state index contributed by atoms with van der Waals surface area (Å²) in [5.41, 5.74) is 4.01. The number of ether oxygens (including phenoxy) is 1. The molecule has 0 aliphatic rings. The molecule has 4 rings (SSSR count). The molecular formula is C38H45N3O5S. The van der Waals surface area contributed by atoms with Gasteiger partial charge in [-0.2, -0.15) is 0 Å². The Bertz CT molecular complexity index is 1720. The predicted molar refractivity (Wildman–Crippen MR) is 187 cm³/mol. The van der Waals surface area contributed by atoms with E-state index in [1.165, 1.54) is 17.0 Å². The van der Waals surface area contributed by atoms with Gasteiger partial charge in [0.15, 0.2) is 0 Å². The Labute approximate surface area is 279 Å². The molecule has 0 spiro atoms. The number of benzene rings is 4. The average molecular weight is 656 g/mol. The van der Waals surface area contributed by atoms with Crippen molar-refractivity contribution in [2.75, 3.05) is 24.0 Å². The molecule has 0 aliphatic heterocycles. The number of aryl methyl sites for hydroxylation is 2. The van der Waals surface area contributed by atoms with Crippen molar-refractivity contribution in [1.82, 2.24) is 10.2 Å². The smallest absolute Gasteiger partial charge is 0.264 e. The van der Waals surface area contributed by atoms with E-state index in [2.05, 4.69) is 5.32 Å². The van der Waals surface area contributed by atoms with Crippen molar-refractivity contribution >= 4 is 27.5 Å². The summed E-state index contributed by atoms with van der Waals surface area (Å²) in [6.07, 6.45) is 0.262. The van der Waals surface area contributed by atoms with Gasteiger partial charge >= 0.3 is 0 Å². The first-order valence-electron chi connectivity index (χ1n) is 16.0. The van der Waals surface area contributed by atoms with Crippen LogP contribution < -0.4 is 14.4 Å². The van der Waals surface area contributed by atoms with Gasteiger partial charge in [0, 0.05) is 19.5 Å². The number of hydrogen-bond acceptors (Lipinski definition) is 5. The van der Waals surface area contributed by atoms with Crippen molar-refractivity contribution in [3.8, 4) is 5.75 Å². The molecule has 0 radical (unpaired) electrons. The van der Waals surface area contributed by atoms with Crippen molar-refractivity contribution in [2.24, 2.45) is 5.92 Å². The molecule has 1 N–H and O–H groups in total. The molecule has 4 aromatic carbocycles. The second-order valence-corrected chi connectivity index (χ2v) is 13.9. The van der Waals surface area contributed by atoms with E-state index >= 15 is 0 Å². The molecule has 0 fully saturated rings. The molecule has 0 unspecified atom stereocenters. The van der Waals surface area contributed by atoms with Gasteiger partial charge in [-0.1, -0.05) is 86.1 Å². The highest BCUT2D eigenvalue weighted by molar-refractivity contribution is 7.92. The van der Waals surface area contributed by atoms with Crippen LogP contribution in [0.3, 0.4) is 0 Å². The lowest BCUT2D eigenvalue weighted by Crippen LogP contribution is -2.53. The van der Waals surface area contributed by atoms with Gasteiger partial charge in [-0.05, 0) is 79.8 Å². The van der Waals surface area contributed by atoms with Crippen LogP contribution in [-0.4, -0.2) is 50.9 Å². The Morgan fingerprint density at radius 1 is 0.830 bits per heavy atom. The maximum Gasteiger partial charge on any atom is 0.264 e. The number of rotatable bonds is 15. The molecule has 8 nitrogen and oxygen atoms in total. The van der Waals surface area contributed by atoms with E-state index < -0.39 is 28.5 Å². The number of sulfonamides is 1. The number of nitrogens with one attached hydrogen (secondary N) is 1. The fourth-order valence-corrected chi connectivity index (χ4v) is 6.60. The minimum atomic E-state index is -4.20. The van der Waals surface area contributed by atoms with E-state index in [9.17, 15) is 18.0 Å². The maximum atomic E-state index is 14.6. The molecule has 0 saturated carbocycles. The molecule has 2 amide bonds. The normalized spacial score (nSPS) is 12.0.